The molecule has 0 bridgehead atoms. The molecule has 0 spiro atoms. The Morgan fingerprint density at radius 3 is 2.58 bits per heavy atom. The Morgan fingerprint density at radius 1 is 1.12 bits per heavy atom. The topological polar surface area (TPSA) is 84.4 Å². The summed E-state index contributed by atoms with van der Waals surface area (Å²) in [6.07, 6.45) is 0.380. The van der Waals surface area contributed by atoms with Crippen molar-refractivity contribution in [2.24, 2.45) is 0 Å². The largest absolute Gasteiger partial charge is 0.420 e. The number of anilines is 1. The monoisotopic (exact) mass is 454 g/mol. The molecule has 1 saturated heterocycles. The van der Waals surface area contributed by atoms with Gasteiger partial charge < -0.3 is 19.1 Å². The number of aromatic nitrogens is 1. The number of nitrogens with zero attached hydrogens (tertiary/aromatic N) is 4. The fourth-order valence-electron chi connectivity index (χ4n) is 4.23. The van der Waals surface area contributed by atoms with Crippen LogP contribution in [0.15, 0.2) is 36.4 Å². The van der Waals surface area contributed by atoms with E-state index in [1.807, 2.05) is 41.1 Å². The third kappa shape index (κ3) is 5.16. The van der Waals surface area contributed by atoms with Crippen LogP contribution < -0.4 is 9.64 Å². The summed E-state index contributed by atoms with van der Waals surface area (Å²) in [5.74, 6) is 1.10. The van der Waals surface area contributed by atoms with Crippen LogP contribution in [-0.4, -0.2) is 74.2 Å². The highest BCUT2D eigenvalue weighted by Crippen LogP contribution is 2.32. The first-order valence-corrected chi connectivity index (χ1v) is 11.1. The number of likely N-dealkylation sites (N-methyl/N-ethyl adjacent to an activating group) is 1. The van der Waals surface area contributed by atoms with Crippen molar-refractivity contribution in [1.82, 2.24) is 14.8 Å². The van der Waals surface area contributed by atoms with Gasteiger partial charge in [-0.1, -0.05) is 18.2 Å². The fraction of sp³-hybridized carbons (Fsp3) is 0.458. The lowest BCUT2D eigenvalue weighted by molar-refractivity contribution is -0.136. The summed E-state index contributed by atoms with van der Waals surface area (Å²) in [6.45, 7) is 2.78. The van der Waals surface area contributed by atoms with Gasteiger partial charge in [-0.25, -0.2) is 9.78 Å². The Bertz CT molecular complexity index is 996. The Balaban J connectivity index is 1.65. The maximum atomic E-state index is 13.0. The van der Waals surface area contributed by atoms with Crippen molar-refractivity contribution in [2.45, 2.75) is 25.7 Å². The fourth-order valence-corrected chi connectivity index (χ4v) is 4.23. The van der Waals surface area contributed by atoms with E-state index in [0.717, 1.165) is 30.5 Å². The molecule has 176 valence electrons. The normalized spacial score (nSPS) is 16.8. The molecule has 1 fully saturated rings. The highest BCUT2D eigenvalue weighted by molar-refractivity contribution is 5.89. The number of carbonyl (C=O) groups is 2. The number of amides is 2. The molecular weight excluding hydrogens is 424 g/mol. The van der Waals surface area contributed by atoms with Crippen molar-refractivity contribution in [2.75, 3.05) is 52.3 Å². The van der Waals surface area contributed by atoms with Crippen LogP contribution in [0.2, 0.25) is 0 Å². The van der Waals surface area contributed by atoms with Gasteiger partial charge in [0, 0.05) is 40.4 Å². The van der Waals surface area contributed by atoms with Crippen LogP contribution in [0.25, 0.3) is 0 Å². The number of para-hydroxylation sites is 1. The van der Waals surface area contributed by atoms with Gasteiger partial charge in [-0.3, -0.25) is 14.6 Å². The molecule has 2 aromatic rings. The first kappa shape index (κ1) is 23.2. The zero-order valence-electron chi connectivity index (χ0n) is 19.3. The van der Waals surface area contributed by atoms with Gasteiger partial charge >= 0.3 is 6.09 Å². The van der Waals surface area contributed by atoms with Crippen molar-refractivity contribution in [3.8, 4) is 5.75 Å². The number of benzene rings is 1. The summed E-state index contributed by atoms with van der Waals surface area (Å²) in [6, 6.07) is 11.0. The Hall–Kier alpha value is -3.01. The summed E-state index contributed by atoms with van der Waals surface area (Å²) in [5.41, 5.74) is 2.36. The molecule has 0 aliphatic carbocycles. The zero-order valence-corrected chi connectivity index (χ0v) is 19.3. The third-order valence-electron chi connectivity index (χ3n) is 5.97. The smallest absolute Gasteiger partial charge is 0.410 e. The van der Waals surface area contributed by atoms with E-state index in [-0.39, 0.29) is 5.91 Å². The van der Waals surface area contributed by atoms with E-state index in [0.29, 0.717) is 43.4 Å². The van der Waals surface area contributed by atoms with Crippen LogP contribution in [0.1, 0.15) is 29.5 Å². The van der Waals surface area contributed by atoms with Gasteiger partial charge in [0.05, 0.1) is 6.54 Å². The van der Waals surface area contributed by atoms with Crippen LogP contribution in [0.5, 0.6) is 5.75 Å². The third-order valence-corrected chi connectivity index (χ3v) is 5.97. The van der Waals surface area contributed by atoms with Gasteiger partial charge in [0.15, 0.2) is 0 Å². The van der Waals surface area contributed by atoms with E-state index in [2.05, 4.69) is 0 Å². The molecule has 0 unspecified atom stereocenters. The minimum atomic E-state index is -0.721. The van der Waals surface area contributed by atoms with E-state index in [4.69, 9.17) is 19.2 Å². The van der Waals surface area contributed by atoms with Crippen LogP contribution in [0.4, 0.5) is 10.6 Å². The molecule has 9 nitrogen and oxygen atoms in total. The number of piperazine rings is 1. The standard InChI is InChI=1S/C24H30N4O5/c1-26-12-13-27(20(29)16-26)15-18-14-17-8-7-11-28(22(17)25-21(18)23(31-2)32-3)24(30)33-19-9-5-4-6-10-19/h4-6,9-10,14,23H,7-8,11-13,15-16H2,1-3H3. The average Bonchev–Trinajstić information content (AvgIpc) is 2.82. The zero-order chi connectivity index (χ0) is 23.4. The molecule has 2 amide bonds. The first-order chi connectivity index (χ1) is 16.0. The van der Waals surface area contributed by atoms with Gasteiger partial charge in [0.1, 0.15) is 17.3 Å². The molecule has 2 aliphatic heterocycles. The second kappa shape index (κ2) is 10.3. The highest BCUT2D eigenvalue weighted by atomic mass is 16.7. The van der Waals surface area contributed by atoms with E-state index in [1.165, 1.54) is 0 Å². The number of methoxy groups -OCH3 is 2. The molecule has 0 N–H and O–H groups in total. The number of hydrogen-bond donors (Lipinski definition) is 0. The minimum absolute atomic E-state index is 0.0758. The Labute approximate surface area is 193 Å². The molecule has 1 aromatic carbocycles. The van der Waals surface area contributed by atoms with Crippen molar-refractivity contribution < 1.29 is 23.8 Å². The Kier molecular flexibility index (Phi) is 7.22. The predicted octanol–water partition coefficient (Wildman–Crippen LogP) is 2.60. The highest BCUT2D eigenvalue weighted by Gasteiger charge is 2.31. The van der Waals surface area contributed by atoms with Crippen LogP contribution in [0.3, 0.4) is 0 Å². The number of fused-ring (bicyclic) bond motifs is 1. The predicted molar refractivity (Wildman–Crippen MR) is 122 cm³/mol. The molecule has 0 saturated carbocycles. The number of carbonyl (C=O) groups excluding carboxylic acids is 2. The second-order valence-electron chi connectivity index (χ2n) is 8.31. The molecule has 1 aromatic heterocycles. The molecule has 2 aliphatic rings. The van der Waals surface area contributed by atoms with E-state index < -0.39 is 12.4 Å². The van der Waals surface area contributed by atoms with E-state index >= 15 is 0 Å². The summed E-state index contributed by atoms with van der Waals surface area (Å²) in [7, 11) is 5.03. The number of aryl methyl sites for hydroxylation is 1. The lowest BCUT2D eigenvalue weighted by atomic mass is 10.0. The van der Waals surface area contributed by atoms with Crippen molar-refractivity contribution in [3.63, 3.8) is 0 Å². The van der Waals surface area contributed by atoms with Crippen LogP contribution in [-0.2, 0) is 27.2 Å². The summed E-state index contributed by atoms with van der Waals surface area (Å²) >= 11 is 0. The molecule has 0 atom stereocenters. The summed E-state index contributed by atoms with van der Waals surface area (Å²) in [4.78, 5) is 35.8. The minimum Gasteiger partial charge on any atom is -0.410 e. The Morgan fingerprint density at radius 2 is 1.88 bits per heavy atom. The molecule has 33 heavy (non-hydrogen) atoms. The van der Waals surface area contributed by atoms with Gasteiger partial charge in [0.2, 0.25) is 12.2 Å². The summed E-state index contributed by atoms with van der Waals surface area (Å²) in [5, 5.41) is 0. The molecule has 9 heteroatoms. The van der Waals surface area contributed by atoms with Gasteiger partial charge in [-0.2, -0.15) is 0 Å². The molecule has 3 heterocycles. The second-order valence-corrected chi connectivity index (χ2v) is 8.31. The van der Waals surface area contributed by atoms with E-state index in [9.17, 15) is 9.59 Å². The van der Waals surface area contributed by atoms with Gasteiger partial charge in [-0.15, -0.1) is 0 Å². The average molecular weight is 455 g/mol. The number of rotatable bonds is 6. The van der Waals surface area contributed by atoms with Gasteiger partial charge in [0.25, 0.3) is 0 Å². The maximum Gasteiger partial charge on any atom is 0.420 e. The summed E-state index contributed by atoms with van der Waals surface area (Å²) < 4.78 is 16.6. The number of hydrogen-bond acceptors (Lipinski definition) is 7. The van der Waals surface area contributed by atoms with Crippen LogP contribution in [0, 0.1) is 0 Å². The lowest BCUT2D eigenvalue weighted by Gasteiger charge is -2.34. The maximum absolute atomic E-state index is 13.0. The van der Waals surface area contributed by atoms with Crippen molar-refractivity contribution in [3.05, 3.63) is 53.2 Å². The molecule has 0 radical (unpaired) electrons. The quantitative estimate of drug-likeness (QED) is 0.621. The van der Waals surface area contributed by atoms with Gasteiger partial charge in [-0.05, 0) is 49.2 Å². The number of pyridine rings is 1. The first-order valence-electron chi connectivity index (χ1n) is 11.1. The van der Waals surface area contributed by atoms with Crippen LogP contribution >= 0.6 is 0 Å². The molecular formula is C24H30N4O5. The van der Waals surface area contributed by atoms with Crippen molar-refractivity contribution in [1.29, 1.82) is 0 Å². The number of ether oxygens (including phenoxy) is 3. The van der Waals surface area contributed by atoms with Crippen molar-refractivity contribution >= 4 is 17.8 Å². The lowest BCUT2D eigenvalue weighted by Crippen LogP contribution is -2.48. The van der Waals surface area contributed by atoms with E-state index in [1.54, 1.807) is 31.3 Å². The SMILES string of the molecule is COC(OC)c1nc2c(cc1CN1CCN(C)CC1=O)CCCN2C(=O)Oc1ccccc1. The molecule has 4 rings (SSSR count).